The number of carboxylic acid groups (broad SMARTS) is 1. The second-order valence-electron chi connectivity index (χ2n) is 11.2. The molecule has 186 valence electrons. The van der Waals surface area contributed by atoms with Gasteiger partial charge in [0, 0.05) is 0 Å². The van der Waals surface area contributed by atoms with Crippen LogP contribution in [-0.2, 0) is 14.3 Å². The summed E-state index contributed by atoms with van der Waals surface area (Å²) in [5.74, 6) is 0.790. The Morgan fingerprint density at radius 1 is 0.781 bits per heavy atom. The van der Waals surface area contributed by atoms with Gasteiger partial charge in [0.05, 0.1) is 18.4 Å². The van der Waals surface area contributed by atoms with E-state index in [0.717, 1.165) is 18.3 Å². The molecule has 2 fully saturated rings. The molecule has 0 aromatic carbocycles. The Balaban J connectivity index is 1.90. The summed E-state index contributed by atoms with van der Waals surface area (Å²) in [7, 11) is 0. The average Bonchev–Trinajstić information content (AvgIpc) is 2.77. The summed E-state index contributed by atoms with van der Waals surface area (Å²) < 4.78 is 5.83. The van der Waals surface area contributed by atoms with E-state index in [1.807, 2.05) is 0 Å². The number of hydrogen-bond acceptors (Lipinski definition) is 3. The van der Waals surface area contributed by atoms with Crippen molar-refractivity contribution in [2.24, 2.45) is 41.4 Å². The summed E-state index contributed by atoms with van der Waals surface area (Å²) in [4.78, 5) is 24.5. The number of ether oxygens (including phenoxy) is 1. The monoisotopic (exact) mass is 450 g/mol. The van der Waals surface area contributed by atoms with Crippen molar-refractivity contribution in [3.8, 4) is 0 Å². The van der Waals surface area contributed by atoms with Gasteiger partial charge in [-0.15, -0.1) is 0 Å². The predicted molar refractivity (Wildman–Crippen MR) is 130 cm³/mol. The fraction of sp³-hybridized carbons (Fsp3) is 0.929. The van der Waals surface area contributed by atoms with Gasteiger partial charge in [0.1, 0.15) is 0 Å². The smallest absolute Gasteiger partial charge is 0.309 e. The molecule has 0 bridgehead atoms. The fourth-order valence-corrected chi connectivity index (χ4v) is 6.32. The molecule has 4 nitrogen and oxygen atoms in total. The van der Waals surface area contributed by atoms with Gasteiger partial charge in [0.25, 0.3) is 0 Å². The zero-order chi connectivity index (χ0) is 23.5. The van der Waals surface area contributed by atoms with E-state index >= 15 is 0 Å². The molecule has 0 aliphatic heterocycles. The first-order valence-electron chi connectivity index (χ1n) is 13.8. The number of unbranched alkanes of at least 4 members (excludes halogenated alkanes) is 5. The lowest BCUT2D eigenvalue weighted by Gasteiger charge is -2.41. The molecule has 0 spiro atoms. The second kappa shape index (κ2) is 14.3. The third kappa shape index (κ3) is 8.37. The van der Waals surface area contributed by atoms with Crippen LogP contribution in [0.4, 0.5) is 0 Å². The van der Waals surface area contributed by atoms with Gasteiger partial charge in [-0.2, -0.15) is 0 Å². The molecular formula is C28H50O4. The summed E-state index contributed by atoms with van der Waals surface area (Å²) in [6, 6.07) is 0. The number of carbonyl (C=O) groups is 2. The van der Waals surface area contributed by atoms with Gasteiger partial charge in [0.2, 0.25) is 0 Å². The number of hydrogen-bond donors (Lipinski definition) is 1. The van der Waals surface area contributed by atoms with Crippen molar-refractivity contribution in [2.75, 3.05) is 6.61 Å². The minimum Gasteiger partial charge on any atom is -0.481 e. The molecule has 1 N–H and O–H groups in total. The maximum Gasteiger partial charge on any atom is 0.309 e. The van der Waals surface area contributed by atoms with Gasteiger partial charge in [0.15, 0.2) is 0 Å². The van der Waals surface area contributed by atoms with Gasteiger partial charge in [-0.25, -0.2) is 0 Å². The molecule has 2 rings (SSSR count). The van der Waals surface area contributed by atoms with E-state index in [2.05, 4.69) is 27.7 Å². The topological polar surface area (TPSA) is 63.6 Å². The number of carbonyl (C=O) groups excluding carboxylic acids is 1. The summed E-state index contributed by atoms with van der Waals surface area (Å²) in [6.07, 6.45) is 16.5. The third-order valence-electron chi connectivity index (χ3n) is 8.53. The lowest BCUT2D eigenvalue weighted by molar-refractivity contribution is -0.162. The van der Waals surface area contributed by atoms with Crippen LogP contribution in [0, 0.1) is 41.4 Å². The molecule has 0 aromatic heterocycles. The Labute approximate surface area is 197 Å². The minimum atomic E-state index is -0.841. The van der Waals surface area contributed by atoms with E-state index in [1.165, 1.54) is 70.6 Å². The predicted octanol–water partition coefficient (Wildman–Crippen LogP) is 7.50. The quantitative estimate of drug-likeness (QED) is 0.233. The van der Waals surface area contributed by atoms with Gasteiger partial charge in [-0.05, 0) is 61.7 Å². The minimum absolute atomic E-state index is 0.263. The van der Waals surface area contributed by atoms with E-state index in [0.29, 0.717) is 37.2 Å². The molecule has 2 saturated carbocycles. The van der Waals surface area contributed by atoms with Crippen LogP contribution in [0.5, 0.6) is 0 Å². The van der Waals surface area contributed by atoms with Gasteiger partial charge < -0.3 is 9.84 Å². The summed E-state index contributed by atoms with van der Waals surface area (Å²) in [5.41, 5.74) is 0. The molecule has 7 atom stereocenters. The molecule has 0 aromatic rings. The lowest BCUT2D eigenvalue weighted by atomic mass is 9.66. The third-order valence-corrected chi connectivity index (χ3v) is 8.53. The number of rotatable bonds is 13. The Kier molecular flexibility index (Phi) is 12.1. The van der Waals surface area contributed by atoms with Gasteiger partial charge in [-0.3, -0.25) is 9.59 Å². The van der Waals surface area contributed by atoms with E-state index in [-0.39, 0.29) is 5.97 Å². The first kappa shape index (κ1) is 27.2. The molecule has 0 saturated heterocycles. The van der Waals surface area contributed by atoms with E-state index < -0.39 is 17.8 Å². The standard InChI is InChI=1S/C28H50O4/c1-5-7-9-10-11-13-23-18-24(21(4)17-22(23)12-8-6-2)19-32-28(31)25-15-14-20(3)16-26(25)27(29)30/h20-26H,5-19H2,1-4H3,(H,29,30). The van der Waals surface area contributed by atoms with Crippen LogP contribution in [0.15, 0.2) is 0 Å². The average molecular weight is 451 g/mol. The van der Waals surface area contributed by atoms with Crippen molar-refractivity contribution in [2.45, 2.75) is 118 Å². The van der Waals surface area contributed by atoms with Crippen LogP contribution in [0.3, 0.4) is 0 Å². The van der Waals surface area contributed by atoms with Crippen LogP contribution in [0.25, 0.3) is 0 Å². The highest BCUT2D eigenvalue weighted by molar-refractivity contribution is 5.81. The molecule has 0 amide bonds. The van der Waals surface area contributed by atoms with Crippen LogP contribution in [-0.4, -0.2) is 23.7 Å². The van der Waals surface area contributed by atoms with Crippen LogP contribution in [0.1, 0.15) is 118 Å². The van der Waals surface area contributed by atoms with Crippen molar-refractivity contribution < 1.29 is 19.4 Å². The Hall–Kier alpha value is -1.06. The Bertz CT molecular complexity index is 560. The SMILES string of the molecule is CCCCCCCC1CC(COC(=O)C2CCC(C)CC2C(=O)O)C(C)CC1CCCC. The second-order valence-corrected chi connectivity index (χ2v) is 11.2. The van der Waals surface area contributed by atoms with Crippen molar-refractivity contribution in [1.82, 2.24) is 0 Å². The fourth-order valence-electron chi connectivity index (χ4n) is 6.32. The molecule has 2 aliphatic rings. The summed E-state index contributed by atoms with van der Waals surface area (Å²) in [5, 5.41) is 9.60. The van der Waals surface area contributed by atoms with Crippen molar-refractivity contribution >= 4 is 11.9 Å². The van der Waals surface area contributed by atoms with Crippen molar-refractivity contribution in [1.29, 1.82) is 0 Å². The molecule has 32 heavy (non-hydrogen) atoms. The van der Waals surface area contributed by atoms with Crippen LogP contribution >= 0.6 is 0 Å². The molecule has 4 heteroatoms. The highest BCUT2D eigenvalue weighted by Gasteiger charge is 2.40. The number of esters is 1. The van der Waals surface area contributed by atoms with Gasteiger partial charge in [-0.1, -0.05) is 85.5 Å². The summed E-state index contributed by atoms with van der Waals surface area (Å²) >= 11 is 0. The first-order valence-corrected chi connectivity index (χ1v) is 13.8. The highest BCUT2D eigenvalue weighted by atomic mass is 16.5. The molecule has 2 aliphatic carbocycles. The van der Waals surface area contributed by atoms with E-state index in [4.69, 9.17) is 4.74 Å². The van der Waals surface area contributed by atoms with E-state index in [9.17, 15) is 14.7 Å². The zero-order valence-electron chi connectivity index (χ0n) is 21.3. The van der Waals surface area contributed by atoms with E-state index in [1.54, 1.807) is 0 Å². The van der Waals surface area contributed by atoms with Crippen molar-refractivity contribution in [3.63, 3.8) is 0 Å². The summed E-state index contributed by atoms with van der Waals surface area (Å²) in [6.45, 7) is 9.44. The van der Waals surface area contributed by atoms with Crippen LogP contribution in [0.2, 0.25) is 0 Å². The normalized spacial score (nSPS) is 33.1. The maximum absolute atomic E-state index is 12.8. The Morgan fingerprint density at radius 2 is 1.44 bits per heavy atom. The number of carboxylic acids is 1. The molecular weight excluding hydrogens is 400 g/mol. The highest BCUT2D eigenvalue weighted by Crippen LogP contribution is 2.43. The molecule has 0 radical (unpaired) electrons. The Morgan fingerprint density at radius 3 is 2.12 bits per heavy atom. The molecule has 0 heterocycles. The largest absolute Gasteiger partial charge is 0.481 e. The maximum atomic E-state index is 12.8. The first-order chi connectivity index (χ1) is 15.4. The lowest BCUT2D eigenvalue weighted by Crippen LogP contribution is -2.38. The molecule has 7 unspecified atom stereocenters. The van der Waals surface area contributed by atoms with Gasteiger partial charge >= 0.3 is 11.9 Å². The van der Waals surface area contributed by atoms with Crippen LogP contribution < -0.4 is 0 Å². The number of aliphatic carboxylic acids is 1. The van der Waals surface area contributed by atoms with Crippen molar-refractivity contribution in [3.05, 3.63) is 0 Å². The zero-order valence-corrected chi connectivity index (χ0v) is 21.3.